The first-order valence-electron chi connectivity index (χ1n) is 10.6. The Morgan fingerprint density at radius 3 is 2.32 bits per heavy atom. The zero-order valence-electron chi connectivity index (χ0n) is 18.6. The van der Waals surface area contributed by atoms with Gasteiger partial charge in [0.15, 0.2) is 0 Å². The van der Waals surface area contributed by atoms with E-state index in [1.54, 1.807) is 0 Å². The molecule has 0 radical (unpaired) electrons. The van der Waals surface area contributed by atoms with Gasteiger partial charge in [-0.05, 0) is 44.9 Å². The summed E-state index contributed by atoms with van der Waals surface area (Å²) in [4.78, 5) is 17.0. The third-order valence-corrected chi connectivity index (χ3v) is 5.67. The molecule has 4 rings (SSSR count). The first-order chi connectivity index (χ1) is 14.9. The van der Waals surface area contributed by atoms with Crippen LogP contribution in [0.15, 0.2) is 33.1 Å². The summed E-state index contributed by atoms with van der Waals surface area (Å²) in [7, 11) is 0. The molecule has 1 amide bonds. The van der Waals surface area contributed by atoms with Crippen molar-refractivity contribution in [3.8, 4) is 11.5 Å². The fourth-order valence-electron chi connectivity index (χ4n) is 3.96. The van der Waals surface area contributed by atoms with Crippen LogP contribution >= 0.6 is 0 Å². The number of rotatable bonds is 6. The number of piperazine rings is 1. The van der Waals surface area contributed by atoms with Crippen LogP contribution in [-0.4, -0.2) is 58.6 Å². The van der Waals surface area contributed by atoms with Gasteiger partial charge in [-0.15, -0.1) is 10.2 Å². The molecule has 1 aromatic carbocycles. The van der Waals surface area contributed by atoms with Gasteiger partial charge in [0.2, 0.25) is 11.8 Å². The molecule has 31 heavy (non-hydrogen) atoms. The minimum Gasteiger partial charge on any atom is -0.466 e. The highest BCUT2D eigenvalue weighted by Crippen LogP contribution is 2.25. The fraction of sp³-hybridized carbons (Fsp3) is 0.435. The van der Waals surface area contributed by atoms with Crippen molar-refractivity contribution in [3.63, 3.8) is 0 Å². The lowest BCUT2D eigenvalue weighted by molar-refractivity contribution is -0.117. The van der Waals surface area contributed by atoms with Crippen molar-refractivity contribution in [1.29, 1.82) is 0 Å². The molecule has 3 aromatic rings. The van der Waals surface area contributed by atoms with Crippen molar-refractivity contribution in [2.24, 2.45) is 0 Å². The number of anilines is 1. The smallest absolute Gasteiger partial charge is 0.251 e. The lowest BCUT2D eigenvalue weighted by atomic mass is 10.1. The summed E-state index contributed by atoms with van der Waals surface area (Å²) in [5.74, 6) is 2.71. The highest BCUT2D eigenvalue weighted by molar-refractivity contribution is 5.93. The Balaban J connectivity index is 1.26. The third kappa shape index (κ3) is 5.03. The van der Waals surface area contributed by atoms with Crippen LogP contribution in [-0.2, 0) is 11.3 Å². The summed E-state index contributed by atoms with van der Waals surface area (Å²) in [6, 6.07) is 7.94. The van der Waals surface area contributed by atoms with Gasteiger partial charge in [-0.25, -0.2) is 0 Å². The Kier molecular flexibility index (Phi) is 6.20. The van der Waals surface area contributed by atoms with Gasteiger partial charge in [0.1, 0.15) is 11.5 Å². The van der Waals surface area contributed by atoms with E-state index in [2.05, 4.69) is 25.3 Å². The predicted octanol–water partition coefficient (Wildman–Crippen LogP) is 3.32. The molecule has 1 aliphatic rings. The Labute approximate surface area is 182 Å². The summed E-state index contributed by atoms with van der Waals surface area (Å²) in [6.07, 6.45) is 0. The second-order valence-corrected chi connectivity index (χ2v) is 8.20. The van der Waals surface area contributed by atoms with E-state index in [0.717, 1.165) is 60.1 Å². The zero-order chi connectivity index (χ0) is 22.0. The first kappa shape index (κ1) is 21.3. The molecule has 0 unspecified atom stereocenters. The normalized spacial score (nSPS) is 15.4. The Morgan fingerprint density at radius 2 is 1.68 bits per heavy atom. The van der Waals surface area contributed by atoms with Crippen LogP contribution in [0.2, 0.25) is 0 Å². The number of aryl methyl sites for hydroxylation is 4. The highest BCUT2D eigenvalue weighted by Gasteiger charge is 2.22. The largest absolute Gasteiger partial charge is 0.466 e. The second-order valence-electron chi connectivity index (χ2n) is 8.20. The summed E-state index contributed by atoms with van der Waals surface area (Å²) in [6.45, 7) is 12.1. The predicted molar refractivity (Wildman–Crippen MR) is 118 cm³/mol. The maximum Gasteiger partial charge on any atom is 0.251 e. The maximum absolute atomic E-state index is 12.5. The lowest BCUT2D eigenvalue weighted by Gasteiger charge is -2.33. The Bertz CT molecular complexity index is 1040. The van der Waals surface area contributed by atoms with E-state index in [0.29, 0.717) is 24.9 Å². The molecule has 0 spiro atoms. The van der Waals surface area contributed by atoms with E-state index in [9.17, 15) is 4.79 Å². The van der Waals surface area contributed by atoms with Crippen molar-refractivity contribution in [2.45, 2.75) is 34.2 Å². The second kappa shape index (κ2) is 9.03. The number of benzene rings is 1. The van der Waals surface area contributed by atoms with Crippen LogP contribution in [0, 0.1) is 27.7 Å². The van der Waals surface area contributed by atoms with Gasteiger partial charge in [-0.3, -0.25) is 14.6 Å². The first-order valence-corrected chi connectivity index (χ1v) is 10.6. The number of nitrogens with zero attached hydrogens (tertiary/aromatic N) is 4. The van der Waals surface area contributed by atoms with Gasteiger partial charge in [-0.1, -0.05) is 18.2 Å². The minimum atomic E-state index is 0.0261. The van der Waals surface area contributed by atoms with Crippen molar-refractivity contribution < 1.29 is 13.6 Å². The van der Waals surface area contributed by atoms with Gasteiger partial charge in [-0.2, -0.15) is 0 Å². The van der Waals surface area contributed by atoms with Gasteiger partial charge in [0.05, 0.1) is 18.7 Å². The monoisotopic (exact) mass is 423 g/mol. The zero-order valence-corrected chi connectivity index (χ0v) is 18.6. The Morgan fingerprint density at radius 1 is 1.00 bits per heavy atom. The molecule has 2 aromatic heterocycles. The van der Waals surface area contributed by atoms with Crippen LogP contribution in [0.25, 0.3) is 11.5 Å². The molecule has 0 saturated carbocycles. The SMILES string of the molecule is Cc1cc(-c2nnc(CN3CCN(CC(=O)Nc4c(C)cccc4C)CC3)o2)c(C)o1. The van der Waals surface area contributed by atoms with Crippen LogP contribution in [0.5, 0.6) is 0 Å². The fourth-order valence-corrected chi connectivity index (χ4v) is 3.96. The molecule has 1 fully saturated rings. The number of hydrogen-bond donors (Lipinski definition) is 1. The number of aromatic nitrogens is 2. The summed E-state index contributed by atoms with van der Waals surface area (Å²) in [5.41, 5.74) is 3.92. The number of amides is 1. The van der Waals surface area contributed by atoms with E-state index in [-0.39, 0.29) is 5.91 Å². The standard InChI is InChI=1S/C23H29N5O3/c1-15-6-5-7-16(2)22(15)24-20(29)13-27-8-10-28(11-9-27)14-21-25-26-23(31-21)19-12-17(3)30-18(19)4/h5-7,12H,8-11,13-14H2,1-4H3,(H,24,29). The van der Waals surface area contributed by atoms with E-state index in [4.69, 9.17) is 8.83 Å². The maximum atomic E-state index is 12.5. The van der Waals surface area contributed by atoms with Crippen LogP contribution < -0.4 is 5.32 Å². The summed E-state index contributed by atoms with van der Waals surface area (Å²) >= 11 is 0. The molecule has 0 atom stereocenters. The number of carbonyl (C=O) groups is 1. The molecule has 1 saturated heterocycles. The number of furan rings is 1. The number of para-hydroxylation sites is 1. The molecule has 3 heterocycles. The lowest BCUT2D eigenvalue weighted by Crippen LogP contribution is -2.48. The van der Waals surface area contributed by atoms with Gasteiger partial charge in [0, 0.05) is 31.9 Å². The van der Waals surface area contributed by atoms with E-state index in [1.807, 2.05) is 52.0 Å². The molecule has 1 N–H and O–H groups in total. The van der Waals surface area contributed by atoms with Gasteiger partial charge < -0.3 is 14.2 Å². The van der Waals surface area contributed by atoms with E-state index in [1.165, 1.54) is 0 Å². The topological polar surface area (TPSA) is 87.6 Å². The molecular weight excluding hydrogens is 394 g/mol. The molecule has 164 valence electrons. The van der Waals surface area contributed by atoms with E-state index < -0.39 is 0 Å². The molecular formula is C23H29N5O3. The quantitative estimate of drug-likeness (QED) is 0.651. The molecule has 1 aliphatic heterocycles. The average Bonchev–Trinajstić information content (AvgIpc) is 3.32. The molecule has 8 heteroatoms. The van der Waals surface area contributed by atoms with Gasteiger partial charge in [0.25, 0.3) is 5.89 Å². The summed E-state index contributed by atoms with van der Waals surface area (Å²) in [5, 5.41) is 11.4. The van der Waals surface area contributed by atoms with Crippen molar-refractivity contribution >= 4 is 11.6 Å². The van der Waals surface area contributed by atoms with E-state index >= 15 is 0 Å². The molecule has 0 aliphatic carbocycles. The minimum absolute atomic E-state index is 0.0261. The van der Waals surface area contributed by atoms with Crippen molar-refractivity contribution in [1.82, 2.24) is 20.0 Å². The molecule has 0 bridgehead atoms. The highest BCUT2D eigenvalue weighted by atomic mass is 16.4. The van der Waals surface area contributed by atoms with Crippen molar-refractivity contribution in [3.05, 3.63) is 52.8 Å². The van der Waals surface area contributed by atoms with Gasteiger partial charge >= 0.3 is 0 Å². The van der Waals surface area contributed by atoms with Crippen LogP contribution in [0.4, 0.5) is 5.69 Å². The van der Waals surface area contributed by atoms with Crippen LogP contribution in [0.1, 0.15) is 28.5 Å². The van der Waals surface area contributed by atoms with Crippen molar-refractivity contribution in [2.75, 3.05) is 38.0 Å². The van der Waals surface area contributed by atoms with Crippen LogP contribution in [0.3, 0.4) is 0 Å². The number of carbonyl (C=O) groups excluding carboxylic acids is 1. The third-order valence-electron chi connectivity index (χ3n) is 5.67. The summed E-state index contributed by atoms with van der Waals surface area (Å²) < 4.78 is 11.4. The molecule has 8 nitrogen and oxygen atoms in total. The number of nitrogens with one attached hydrogen (secondary N) is 1. The Hall–Kier alpha value is -2.97. The average molecular weight is 424 g/mol. The number of hydrogen-bond acceptors (Lipinski definition) is 7.